The monoisotopic (exact) mass is 276 g/mol. The molecule has 1 aromatic rings. The van der Waals surface area contributed by atoms with Crippen LogP contribution in [0.5, 0.6) is 0 Å². The summed E-state index contributed by atoms with van der Waals surface area (Å²) in [4.78, 5) is 19.3. The molecule has 1 N–H and O–H groups in total. The van der Waals surface area contributed by atoms with Crippen molar-refractivity contribution < 1.29 is 19.4 Å². The number of rotatable bonds is 4. The molecule has 0 atom stereocenters. The second-order valence-electron chi connectivity index (χ2n) is 3.11. The zero-order valence-corrected chi connectivity index (χ0v) is 11.6. The molecule has 108 valence electrons. The Balaban J connectivity index is 0. The summed E-state index contributed by atoms with van der Waals surface area (Å²) < 4.78 is 4.43. The second-order valence-corrected chi connectivity index (χ2v) is 3.11. The lowest BCUT2D eigenvalue weighted by atomic mass is 10.2. The van der Waals surface area contributed by atoms with Crippen molar-refractivity contribution in [3.8, 4) is 0 Å². The predicted octanol–water partition coefficient (Wildman–Crippen LogP) is 3.32. The molecule has 1 rings (SSSR count). The van der Waals surface area contributed by atoms with E-state index in [0.29, 0.717) is 6.61 Å². The predicted molar refractivity (Wildman–Crippen MR) is 81.2 cm³/mol. The first kappa shape index (κ1) is 19.7. The van der Waals surface area contributed by atoms with E-state index in [-0.39, 0.29) is 5.97 Å². The number of carbonyl (C=O) groups is 2. The van der Waals surface area contributed by atoms with Crippen LogP contribution in [0.25, 0.3) is 6.08 Å². The second kappa shape index (κ2) is 14.4. The lowest BCUT2D eigenvalue weighted by Gasteiger charge is -1.90. The van der Waals surface area contributed by atoms with Gasteiger partial charge in [0.25, 0.3) is 0 Å². The number of carboxylic acids is 1. The van der Waals surface area contributed by atoms with Gasteiger partial charge in [-0.15, -0.1) is 0 Å². The molecule has 0 heterocycles. The molecule has 0 saturated heterocycles. The van der Waals surface area contributed by atoms with Crippen molar-refractivity contribution in [2.24, 2.45) is 0 Å². The Morgan fingerprint density at radius 1 is 1.15 bits per heavy atom. The highest BCUT2D eigenvalue weighted by Gasteiger charge is 1.86. The summed E-state index contributed by atoms with van der Waals surface area (Å²) in [5.41, 5.74) is 1.17. The Hall–Kier alpha value is -2.62. The molecular formula is C16H20O4. The fourth-order valence-electron chi connectivity index (χ4n) is 0.790. The van der Waals surface area contributed by atoms with Crippen LogP contribution in [-0.2, 0) is 14.3 Å². The molecule has 0 fully saturated rings. The van der Waals surface area contributed by atoms with Crippen LogP contribution in [0.1, 0.15) is 12.5 Å². The summed E-state index contributed by atoms with van der Waals surface area (Å²) in [6, 6.07) is 10.0. The fourth-order valence-corrected chi connectivity index (χ4v) is 0.790. The summed E-state index contributed by atoms with van der Waals surface area (Å²) in [6.45, 7) is 12.0. The van der Waals surface area contributed by atoms with E-state index in [4.69, 9.17) is 5.11 Å². The van der Waals surface area contributed by atoms with Gasteiger partial charge in [0, 0.05) is 12.2 Å². The Kier molecular flexibility index (Phi) is 14.2. The Morgan fingerprint density at radius 3 is 1.85 bits per heavy atom. The van der Waals surface area contributed by atoms with E-state index in [0.717, 1.165) is 12.2 Å². The number of esters is 1. The van der Waals surface area contributed by atoms with Gasteiger partial charge in [-0.2, -0.15) is 0 Å². The topological polar surface area (TPSA) is 63.6 Å². The van der Waals surface area contributed by atoms with Crippen LogP contribution in [0.4, 0.5) is 0 Å². The molecule has 0 bridgehead atoms. The molecule has 4 nitrogen and oxygen atoms in total. The van der Waals surface area contributed by atoms with Crippen molar-refractivity contribution in [3.05, 3.63) is 67.8 Å². The molecule has 0 amide bonds. The lowest BCUT2D eigenvalue weighted by Crippen LogP contribution is -1.97. The summed E-state index contributed by atoms with van der Waals surface area (Å²) >= 11 is 0. The van der Waals surface area contributed by atoms with Crippen LogP contribution in [0, 0.1) is 0 Å². The number of carboxylic acid groups (broad SMARTS) is 1. The fraction of sp³-hybridized carbons (Fsp3) is 0.125. The van der Waals surface area contributed by atoms with Gasteiger partial charge in [0.15, 0.2) is 0 Å². The largest absolute Gasteiger partial charge is 0.478 e. The molecule has 1 aromatic carbocycles. The Bertz CT molecular complexity index is 421. The molecule has 0 saturated carbocycles. The number of ether oxygens (including phenoxy) is 1. The maximum atomic E-state index is 10.1. The number of hydrogen-bond donors (Lipinski definition) is 1. The van der Waals surface area contributed by atoms with Gasteiger partial charge in [-0.05, 0) is 12.5 Å². The molecule has 0 aliphatic carbocycles. The standard InChI is InChI=1S/C8H8.C5H8O2.C3H4O2/c1-2-8-6-4-3-5-7-8;1-3-5(6)7-4-2;1-2-3(4)5/h2-7H,1H2;3H,1,4H2,2H3;2H,1H2,(H,4,5). The molecule has 0 aromatic heterocycles. The smallest absolute Gasteiger partial charge is 0.330 e. The van der Waals surface area contributed by atoms with Gasteiger partial charge in [-0.25, -0.2) is 9.59 Å². The van der Waals surface area contributed by atoms with Crippen LogP contribution in [0.3, 0.4) is 0 Å². The van der Waals surface area contributed by atoms with E-state index in [9.17, 15) is 9.59 Å². The minimum atomic E-state index is -0.981. The zero-order valence-electron chi connectivity index (χ0n) is 11.6. The highest BCUT2D eigenvalue weighted by Crippen LogP contribution is 1.97. The van der Waals surface area contributed by atoms with Gasteiger partial charge in [-0.3, -0.25) is 0 Å². The first-order valence-electron chi connectivity index (χ1n) is 5.83. The third-order valence-electron chi connectivity index (χ3n) is 1.66. The minimum absolute atomic E-state index is 0.359. The first-order chi connectivity index (χ1) is 9.51. The maximum absolute atomic E-state index is 10.1. The van der Waals surface area contributed by atoms with E-state index in [1.165, 1.54) is 5.56 Å². The van der Waals surface area contributed by atoms with Crippen molar-refractivity contribution in [1.82, 2.24) is 0 Å². The average Bonchev–Trinajstić information content (AvgIpc) is 2.49. The summed E-state index contributed by atoms with van der Waals surface area (Å²) in [5.74, 6) is -1.34. The van der Waals surface area contributed by atoms with Crippen LogP contribution in [0.2, 0.25) is 0 Å². The minimum Gasteiger partial charge on any atom is -0.478 e. The summed E-state index contributed by atoms with van der Waals surface area (Å²) in [7, 11) is 0. The van der Waals surface area contributed by atoms with Crippen molar-refractivity contribution in [1.29, 1.82) is 0 Å². The normalized spacial score (nSPS) is 7.65. The van der Waals surface area contributed by atoms with Crippen LogP contribution >= 0.6 is 0 Å². The lowest BCUT2D eigenvalue weighted by molar-refractivity contribution is -0.137. The molecule has 0 spiro atoms. The van der Waals surface area contributed by atoms with Gasteiger partial charge in [0.05, 0.1) is 6.61 Å². The van der Waals surface area contributed by atoms with Crippen molar-refractivity contribution in [2.45, 2.75) is 6.92 Å². The molecular weight excluding hydrogens is 256 g/mol. The summed E-state index contributed by atoms with van der Waals surface area (Å²) in [6.07, 6.45) is 3.81. The molecule has 0 radical (unpaired) electrons. The highest BCUT2D eigenvalue weighted by atomic mass is 16.5. The highest BCUT2D eigenvalue weighted by molar-refractivity contribution is 5.81. The van der Waals surface area contributed by atoms with Crippen LogP contribution < -0.4 is 0 Å². The molecule has 0 aliphatic rings. The van der Waals surface area contributed by atoms with E-state index in [2.05, 4.69) is 24.5 Å². The quantitative estimate of drug-likeness (QED) is 0.677. The maximum Gasteiger partial charge on any atom is 0.330 e. The third-order valence-corrected chi connectivity index (χ3v) is 1.66. The zero-order chi connectivity index (χ0) is 15.8. The van der Waals surface area contributed by atoms with E-state index in [1.54, 1.807) is 6.92 Å². The van der Waals surface area contributed by atoms with E-state index >= 15 is 0 Å². The molecule has 0 aliphatic heterocycles. The van der Waals surface area contributed by atoms with Crippen molar-refractivity contribution >= 4 is 18.0 Å². The van der Waals surface area contributed by atoms with Gasteiger partial charge < -0.3 is 9.84 Å². The Morgan fingerprint density at radius 2 is 1.65 bits per heavy atom. The van der Waals surface area contributed by atoms with Gasteiger partial charge in [-0.1, -0.05) is 56.1 Å². The average molecular weight is 276 g/mol. The molecule has 20 heavy (non-hydrogen) atoms. The first-order valence-corrected chi connectivity index (χ1v) is 5.83. The van der Waals surface area contributed by atoms with Crippen molar-refractivity contribution in [2.75, 3.05) is 6.61 Å². The summed E-state index contributed by atoms with van der Waals surface area (Å²) in [5, 5.41) is 7.60. The number of carbonyl (C=O) groups excluding carboxylic acids is 1. The van der Waals surface area contributed by atoms with E-state index in [1.807, 2.05) is 36.4 Å². The number of hydrogen-bond acceptors (Lipinski definition) is 3. The van der Waals surface area contributed by atoms with E-state index < -0.39 is 5.97 Å². The Labute approximate surface area is 119 Å². The van der Waals surface area contributed by atoms with Gasteiger partial charge in [0.2, 0.25) is 0 Å². The SMILES string of the molecule is C=CC(=O)O.C=CC(=O)OCC.C=Cc1ccccc1. The molecule has 4 heteroatoms. The van der Waals surface area contributed by atoms with Gasteiger partial charge >= 0.3 is 11.9 Å². The van der Waals surface area contributed by atoms with Crippen LogP contribution in [-0.4, -0.2) is 23.7 Å². The van der Waals surface area contributed by atoms with Crippen molar-refractivity contribution in [3.63, 3.8) is 0 Å². The molecule has 0 unspecified atom stereocenters. The van der Waals surface area contributed by atoms with Crippen LogP contribution in [0.15, 0.2) is 62.2 Å². The number of benzene rings is 1. The third kappa shape index (κ3) is 15.4. The number of aliphatic carboxylic acids is 1. The van der Waals surface area contributed by atoms with Gasteiger partial charge in [0.1, 0.15) is 0 Å².